The molecule has 0 aliphatic heterocycles. The number of para-hydroxylation sites is 1. The van der Waals surface area contributed by atoms with Crippen molar-refractivity contribution in [1.82, 2.24) is 0 Å². The van der Waals surface area contributed by atoms with Crippen LogP contribution in [0.1, 0.15) is 10.4 Å². The Labute approximate surface area is 119 Å². The normalized spacial score (nSPS) is 10.3. The number of hydrogen-bond donors (Lipinski definition) is 2. The van der Waals surface area contributed by atoms with Crippen LogP contribution in [0.2, 0.25) is 10.0 Å². The van der Waals surface area contributed by atoms with Gasteiger partial charge in [-0.25, -0.2) is 4.39 Å². The molecule has 0 aliphatic carbocycles. The largest absolute Gasteiger partial charge is 0.397 e. The molecule has 0 unspecified atom stereocenters. The predicted octanol–water partition coefficient (Wildman–Crippen LogP) is 3.97. The highest BCUT2D eigenvalue weighted by molar-refractivity contribution is 6.35. The average Bonchev–Trinajstić information content (AvgIpc) is 2.37. The Hall–Kier alpha value is -1.78. The van der Waals surface area contributed by atoms with E-state index in [-0.39, 0.29) is 27.0 Å². The molecule has 0 spiro atoms. The van der Waals surface area contributed by atoms with Gasteiger partial charge >= 0.3 is 0 Å². The van der Waals surface area contributed by atoms with Crippen molar-refractivity contribution >= 4 is 40.5 Å². The second-order valence-electron chi connectivity index (χ2n) is 3.78. The minimum Gasteiger partial charge on any atom is -0.397 e. The third kappa shape index (κ3) is 2.97. The maximum absolute atomic E-state index is 13.1. The van der Waals surface area contributed by atoms with E-state index >= 15 is 0 Å². The zero-order valence-electron chi connectivity index (χ0n) is 9.58. The number of nitrogen functional groups attached to an aromatic ring is 1. The highest BCUT2D eigenvalue weighted by Gasteiger charge is 2.13. The van der Waals surface area contributed by atoms with Crippen molar-refractivity contribution in [3.8, 4) is 0 Å². The van der Waals surface area contributed by atoms with Crippen LogP contribution in [-0.4, -0.2) is 5.91 Å². The van der Waals surface area contributed by atoms with Gasteiger partial charge in [0.2, 0.25) is 0 Å². The summed E-state index contributed by atoms with van der Waals surface area (Å²) < 4.78 is 13.1. The molecule has 2 rings (SSSR count). The molecule has 3 N–H and O–H groups in total. The molecule has 2 aromatic rings. The highest BCUT2D eigenvalue weighted by Crippen LogP contribution is 2.26. The number of benzene rings is 2. The topological polar surface area (TPSA) is 55.1 Å². The second-order valence-corrected chi connectivity index (χ2v) is 4.59. The van der Waals surface area contributed by atoms with Crippen molar-refractivity contribution in [2.75, 3.05) is 11.1 Å². The number of nitrogens with one attached hydrogen (secondary N) is 1. The average molecular weight is 299 g/mol. The molecule has 0 bridgehead atoms. The predicted molar refractivity (Wildman–Crippen MR) is 75.2 cm³/mol. The Morgan fingerprint density at radius 2 is 1.89 bits per heavy atom. The van der Waals surface area contributed by atoms with E-state index < -0.39 is 11.7 Å². The number of halogens is 3. The summed E-state index contributed by atoms with van der Waals surface area (Å²) in [5.41, 5.74) is 6.24. The van der Waals surface area contributed by atoms with Crippen molar-refractivity contribution in [3.05, 3.63) is 57.8 Å². The Bertz CT molecular complexity index is 647. The van der Waals surface area contributed by atoms with Crippen LogP contribution >= 0.6 is 23.2 Å². The van der Waals surface area contributed by atoms with Gasteiger partial charge in [0.15, 0.2) is 0 Å². The molecule has 98 valence electrons. The van der Waals surface area contributed by atoms with E-state index in [9.17, 15) is 9.18 Å². The van der Waals surface area contributed by atoms with Crippen molar-refractivity contribution < 1.29 is 9.18 Å². The molecule has 0 aliphatic rings. The first-order valence-corrected chi connectivity index (χ1v) is 6.05. The van der Waals surface area contributed by atoms with Crippen LogP contribution in [0.15, 0.2) is 36.4 Å². The third-order valence-electron chi connectivity index (χ3n) is 2.47. The molecule has 0 fully saturated rings. The molecule has 0 aromatic heterocycles. The van der Waals surface area contributed by atoms with Gasteiger partial charge in [0.25, 0.3) is 5.91 Å². The zero-order chi connectivity index (χ0) is 14.0. The van der Waals surface area contributed by atoms with Gasteiger partial charge in [0, 0.05) is 0 Å². The summed E-state index contributed by atoms with van der Waals surface area (Å²) in [5, 5.41) is 2.99. The molecule has 19 heavy (non-hydrogen) atoms. The summed E-state index contributed by atoms with van der Waals surface area (Å²) in [4.78, 5) is 12.0. The smallest absolute Gasteiger partial charge is 0.257 e. The SMILES string of the molecule is Nc1c(Cl)cccc1C(=O)Nc1cc(F)ccc1Cl. The summed E-state index contributed by atoms with van der Waals surface area (Å²) in [5.74, 6) is -1.01. The van der Waals surface area contributed by atoms with Gasteiger partial charge in [-0.15, -0.1) is 0 Å². The van der Waals surface area contributed by atoms with Gasteiger partial charge in [-0.05, 0) is 30.3 Å². The summed E-state index contributed by atoms with van der Waals surface area (Å²) in [7, 11) is 0. The van der Waals surface area contributed by atoms with Gasteiger partial charge < -0.3 is 11.1 Å². The Morgan fingerprint density at radius 1 is 1.16 bits per heavy atom. The first kappa shape index (κ1) is 13.6. The van der Waals surface area contributed by atoms with Crippen LogP contribution in [0, 0.1) is 5.82 Å². The van der Waals surface area contributed by atoms with Crippen LogP contribution in [0.5, 0.6) is 0 Å². The number of nitrogens with two attached hydrogens (primary N) is 1. The maximum Gasteiger partial charge on any atom is 0.257 e. The van der Waals surface area contributed by atoms with E-state index in [2.05, 4.69) is 5.32 Å². The Kier molecular flexibility index (Phi) is 3.93. The van der Waals surface area contributed by atoms with Crippen LogP contribution in [0.4, 0.5) is 15.8 Å². The van der Waals surface area contributed by atoms with Crippen LogP contribution < -0.4 is 11.1 Å². The monoisotopic (exact) mass is 298 g/mol. The van der Waals surface area contributed by atoms with Gasteiger partial charge in [0.05, 0.1) is 27.0 Å². The standard InChI is InChI=1S/C13H9Cl2FN2O/c14-9-5-4-7(16)6-11(9)18-13(19)8-2-1-3-10(15)12(8)17/h1-6H,17H2,(H,18,19). The number of hydrogen-bond acceptors (Lipinski definition) is 2. The Balaban J connectivity index is 2.31. The van der Waals surface area contributed by atoms with Crippen molar-refractivity contribution in [3.63, 3.8) is 0 Å². The lowest BCUT2D eigenvalue weighted by Gasteiger charge is -2.09. The summed E-state index contributed by atoms with van der Waals surface area (Å²) in [6, 6.07) is 8.37. The molecule has 1 amide bonds. The summed E-state index contributed by atoms with van der Waals surface area (Å²) in [6.07, 6.45) is 0. The number of carbonyl (C=O) groups excluding carboxylic acids is 1. The number of rotatable bonds is 2. The number of amides is 1. The molecule has 0 radical (unpaired) electrons. The van der Waals surface area contributed by atoms with E-state index in [1.165, 1.54) is 18.2 Å². The molecule has 0 saturated heterocycles. The quantitative estimate of drug-likeness (QED) is 0.824. The van der Waals surface area contributed by atoms with Gasteiger partial charge in [0.1, 0.15) is 5.82 Å². The molecule has 6 heteroatoms. The highest BCUT2D eigenvalue weighted by atomic mass is 35.5. The molecule has 0 heterocycles. The molecular weight excluding hydrogens is 290 g/mol. The van der Waals surface area contributed by atoms with Crippen LogP contribution in [-0.2, 0) is 0 Å². The van der Waals surface area contributed by atoms with Gasteiger partial charge in [-0.3, -0.25) is 4.79 Å². The zero-order valence-corrected chi connectivity index (χ0v) is 11.1. The fraction of sp³-hybridized carbons (Fsp3) is 0. The lowest BCUT2D eigenvalue weighted by Crippen LogP contribution is -2.14. The first-order chi connectivity index (χ1) is 8.99. The molecule has 3 nitrogen and oxygen atoms in total. The molecule has 0 saturated carbocycles. The Morgan fingerprint density at radius 3 is 2.63 bits per heavy atom. The fourth-order valence-corrected chi connectivity index (χ4v) is 1.86. The van der Waals surface area contributed by atoms with Crippen molar-refractivity contribution in [1.29, 1.82) is 0 Å². The van der Waals surface area contributed by atoms with Gasteiger partial charge in [-0.1, -0.05) is 29.3 Å². The maximum atomic E-state index is 13.1. The van der Waals surface area contributed by atoms with E-state index in [0.717, 1.165) is 6.07 Å². The van der Waals surface area contributed by atoms with Crippen LogP contribution in [0.3, 0.4) is 0 Å². The van der Waals surface area contributed by atoms with E-state index in [4.69, 9.17) is 28.9 Å². The minimum atomic E-state index is -0.507. The van der Waals surface area contributed by atoms with E-state index in [0.29, 0.717) is 0 Å². The van der Waals surface area contributed by atoms with Gasteiger partial charge in [-0.2, -0.15) is 0 Å². The lowest BCUT2D eigenvalue weighted by molar-refractivity contribution is 0.102. The number of carbonyl (C=O) groups is 1. The second kappa shape index (κ2) is 5.47. The summed E-state index contributed by atoms with van der Waals surface area (Å²) >= 11 is 11.7. The van der Waals surface area contributed by atoms with Crippen molar-refractivity contribution in [2.45, 2.75) is 0 Å². The minimum absolute atomic E-state index is 0.161. The first-order valence-electron chi connectivity index (χ1n) is 5.29. The third-order valence-corrected chi connectivity index (χ3v) is 3.13. The molecule has 0 atom stereocenters. The lowest BCUT2D eigenvalue weighted by atomic mass is 10.1. The number of anilines is 2. The fourth-order valence-electron chi connectivity index (χ4n) is 1.52. The van der Waals surface area contributed by atoms with Crippen molar-refractivity contribution in [2.24, 2.45) is 0 Å². The van der Waals surface area contributed by atoms with E-state index in [1.807, 2.05) is 0 Å². The van der Waals surface area contributed by atoms with Crippen LogP contribution in [0.25, 0.3) is 0 Å². The molecular formula is C13H9Cl2FN2O. The molecule has 2 aromatic carbocycles. The van der Waals surface area contributed by atoms with E-state index in [1.54, 1.807) is 12.1 Å². The summed E-state index contributed by atoms with van der Waals surface area (Å²) in [6.45, 7) is 0.